The molecule has 0 saturated carbocycles. The Morgan fingerprint density at radius 3 is 3.10 bits per heavy atom. The van der Waals surface area contributed by atoms with Crippen LogP contribution in [-0.2, 0) is 4.74 Å². The van der Waals surface area contributed by atoms with Crippen molar-refractivity contribution in [3.05, 3.63) is 0 Å². The molecule has 1 rings (SSSR count). The van der Waals surface area contributed by atoms with Crippen LogP contribution in [0.2, 0.25) is 0 Å². The van der Waals surface area contributed by atoms with Crippen molar-refractivity contribution < 1.29 is 4.74 Å². The number of alkyl halides is 1. The molecule has 0 amide bonds. The Labute approximate surface area is 76.1 Å². The molecule has 0 aromatic carbocycles. The molecule has 0 aromatic rings. The van der Waals surface area contributed by atoms with Gasteiger partial charge in [-0.05, 0) is 6.92 Å². The normalized spacial score (nSPS) is 28.8. The molecule has 2 nitrogen and oxygen atoms in total. The number of ether oxygens (including phenoxy) is 1. The van der Waals surface area contributed by atoms with Crippen LogP contribution in [0.4, 0.5) is 0 Å². The number of nitrogens with zero attached hydrogens (tertiary/aromatic N) is 1. The summed E-state index contributed by atoms with van der Waals surface area (Å²) in [5.74, 6) is 0. The topological polar surface area (TPSA) is 12.5 Å². The maximum absolute atomic E-state index is 5.31. The fourth-order valence-corrected chi connectivity index (χ4v) is 1.82. The molecule has 0 radical (unpaired) electrons. The van der Waals surface area contributed by atoms with Gasteiger partial charge in [0, 0.05) is 23.6 Å². The van der Waals surface area contributed by atoms with Crippen LogP contribution in [0.15, 0.2) is 0 Å². The van der Waals surface area contributed by atoms with Crippen LogP contribution >= 0.6 is 22.6 Å². The van der Waals surface area contributed by atoms with E-state index in [4.69, 9.17) is 4.74 Å². The predicted molar refractivity (Wildman–Crippen MR) is 50.7 cm³/mol. The van der Waals surface area contributed by atoms with Crippen molar-refractivity contribution >= 4 is 22.6 Å². The molecule has 0 spiro atoms. The average Bonchev–Trinajstić information content (AvgIpc) is 1.94. The summed E-state index contributed by atoms with van der Waals surface area (Å²) < 4.78 is 6.54. The van der Waals surface area contributed by atoms with E-state index in [-0.39, 0.29) is 0 Å². The SMILES string of the molecule is CC1COCCN1CCI. The molecule has 1 saturated heterocycles. The molecule has 0 aromatic heterocycles. The first kappa shape index (κ1) is 8.74. The highest BCUT2D eigenvalue weighted by molar-refractivity contribution is 14.1. The second kappa shape index (κ2) is 4.51. The number of halogens is 1. The Morgan fingerprint density at radius 1 is 1.70 bits per heavy atom. The van der Waals surface area contributed by atoms with Gasteiger partial charge in [0.2, 0.25) is 0 Å². The van der Waals surface area contributed by atoms with E-state index < -0.39 is 0 Å². The first-order valence-corrected chi connectivity index (χ1v) is 5.25. The summed E-state index contributed by atoms with van der Waals surface area (Å²) in [6, 6.07) is 0.628. The Balaban J connectivity index is 2.25. The lowest BCUT2D eigenvalue weighted by Gasteiger charge is -2.32. The van der Waals surface area contributed by atoms with Gasteiger partial charge in [0.05, 0.1) is 13.2 Å². The van der Waals surface area contributed by atoms with Crippen molar-refractivity contribution in [1.29, 1.82) is 0 Å². The molecule has 10 heavy (non-hydrogen) atoms. The van der Waals surface area contributed by atoms with E-state index in [1.807, 2.05) is 0 Å². The van der Waals surface area contributed by atoms with Gasteiger partial charge >= 0.3 is 0 Å². The molecule has 0 bridgehead atoms. The second-order valence-corrected chi connectivity index (χ2v) is 3.73. The van der Waals surface area contributed by atoms with Crippen molar-refractivity contribution in [3.8, 4) is 0 Å². The summed E-state index contributed by atoms with van der Waals surface area (Å²) in [7, 11) is 0. The molecule has 1 aliphatic rings. The summed E-state index contributed by atoms with van der Waals surface area (Å²) in [5, 5.41) is 0. The lowest BCUT2D eigenvalue weighted by Crippen LogP contribution is -2.44. The van der Waals surface area contributed by atoms with E-state index in [9.17, 15) is 0 Å². The van der Waals surface area contributed by atoms with Gasteiger partial charge in [-0.2, -0.15) is 0 Å². The van der Waals surface area contributed by atoms with Crippen LogP contribution in [0, 0.1) is 0 Å². The first-order chi connectivity index (χ1) is 4.84. The summed E-state index contributed by atoms with van der Waals surface area (Å²) in [6.45, 7) is 6.39. The molecule has 3 heteroatoms. The fourth-order valence-electron chi connectivity index (χ4n) is 1.20. The molecule has 1 heterocycles. The highest BCUT2D eigenvalue weighted by atomic mass is 127. The van der Waals surface area contributed by atoms with E-state index in [2.05, 4.69) is 34.4 Å². The first-order valence-electron chi connectivity index (χ1n) is 3.72. The summed E-state index contributed by atoms with van der Waals surface area (Å²) in [6.07, 6.45) is 0. The minimum Gasteiger partial charge on any atom is -0.379 e. The quantitative estimate of drug-likeness (QED) is 0.542. The largest absolute Gasteiger partial charge is 0.379 e. The van der Waals surface area contributed by atoms with Gasteiger partial charge in [-0.25, -0.2) is 0 Å². The van der Waals surface area contributed by atoms with Crippen molar-refractivity contribution in [3.63, 3.8) is 0 Å². The lowest BCUT2D eigenvalue weighted by atomic mass is 10.2. The molecular formula is C7H14INO. The van der Waals surface area contributed by atoms with Gasteiger partial charge < -0.3 is 4.74 Å². The molecule has 1 aliphatic heterocycles. The zero-order valence-electron chi connectivity index (χ0n) is 6.35. The average molecular weight is 255 g/mol. The number of morpholine rings is 1. The lowest BCUT2D eigenvalue weighted by molar-refractivity contribution is 0.00329. The molecule has 0 N–H and O–H groups in total. The Hall–Kier alpha value is 0.650. The van der Waals surface area contributed by atoms with E-state index in [1.165, 1.54) is 11.0 Å². The van der Waals surface area contributed by atoms with Gasteiger partial charge in [0.25, 0.3) is 0 Å². The fraction of sp³-hybridized carbons (Fsp3) is 1.00. The Morgan fingerprint density at radius 2 is 2.50 bits per heavy atom. The van der Waals surface area contributed by atoms with Crippen molar-refractivity contribution in [1.82, 2.24) is 4.90 Å². The minimum atomic E-state index is 0.628. The zero-order valence-corrected chi connectivity index (χ0v) is 8.50. The summed E-state index contributed by atoms with van der Waals surface area (Å²) >= 11 is 2.42. The van der Waals surface area contributed by atoms with Crippen LogP contribution in [0.25, 0.3) is 0 Å². The third-order valence-electron chi connectivity index (χ3n) is 1.88. The van der Waals surface area contributed by atoms with Crippen molar-refractivity contribution in [2.45, 2.75) is 13.0 Å². The molecule has 0 aliphatic carbocycles. The number of hydrogen-bond donors (Lipinski definition) is 0. The van der Waals surface area contributed by atoms with Crippen molar-refractivity contribution in [2.75, 3.05) is 30.7 Å². The highest BCUT2D eigenvalue weighted by Crippen LogP contribution is 2.05. The highest BCUT2D eigenvalue weighted by Gasteiger charge is 2.16. The molecule has 1 atom stereocenters. The molecule has 1 fully saturated rings. The summed E-state index contributed by atoms with van der Waals surface area (Å²) in [4.78, 5) is 2.48. The molecule has 60 valence electrons. The van der Waals surface area contributed by atoms with Crippen molar-refractivity contribution in [2.24, 2.45) is 0 Å². The van der Waals surface area contributed by atoms with E-state index in [0.717, 1.165) is 19.8 Å². The van der Waals surface area contributed by atoms with Crippen LogP contribution in [0.3, 0.4) is 0 Å². The minimum absolute atomic E-state index is 0.628. The van der Waals surface area contributed by atoms with Gasteiger partial charge in [-0.15, -0.1) is 0 Å². The van der Waals surface area contributed by atoms with Gasteiger partial charge in [0.1, 0.15) is 0 Å². The van der Waals surface area contributed by atoms with E-state index in [0.29, 0.717) is 6.04 Å². The molecule has 1 unspecified atom stereocenters. The Bertz CT molecular complexity index is 97.6. The Kier molecular flexibility index (Phi) is 3.95. The van der Waals surface area contributed by atoms with Gasteiger partial charge in [0.15, 0.2) is 0 Å². The number of rotatable bonds is 2. The maximum Gasteiger partial charge on any atom is 0.0619 e. The van der Waals surface area contributed by atoms with Gasteiger partial charge in [-0.1, -0.05) is 22.6 Å². The molecular weight excluding hydrogens is 241 g/mol. The summed E-state index contributed by atoms with van der Waals surface area (Å²) in [5.41, 5.74) is 0. The third-order valence-corrected chi connectivity index (χ3v) is 2.36. The van der Waals surface area contributed by atoms with Crippen LogP contribution in [-0.4, -0.2) is 41.7 Å². The smallest absolute Gasteiger partial charge is 0.0619 e. The van der Waals surface area contributed by atoms with Crippen LogP contribution in [0.5, 0.6) is 0 Å². The van der Waals surface area contributed by atoms with E-state index >= 15 is 0 Å². The zero-order chi connectivity index (χ0) is 7.40. The predicted octanol–water partition coefficient (Wildman–Crippen LogP) is 1.14. The number of hydrogen-bond acceptors (Lipinski definition) is 2. The van der Waals surface area contributed by atoms with E-state index in [1.54, 1.807) is 0 Å². The maximum atomic E-state index is 5.31. The third kappa shape index (κ3) is 2.36. The van der Waals surface area contributed by atoms with Crippen LogP contribution < -0.4 is 0 Å². The van der Waals surface area contributed by atoms with Gasteiger partial charge in [-0.3, -0.25) is 4.90 Å². The van der Waals surface area contributed by atoms with Crippen LogP contribution in [0.1, 0.15) is 6.92 Å². The standard InChI is InChI=1S/C7H14INO/c1-7-6-10-5-4-9(7)3-2-8/h7H,2-6H2,1H3. The monoisotopic (exact) mass is 255 g/mol. The second-order valence-electron chi connectivity index (χ2n) is 2.65.